The van der Waals surface area contributed by atoms with E-state index in [0.29, 0.717) is 0 Å². The van der Waals surface area contributed by atoms with E-state index in [2.05, 4.69) is 22.4 Å². The first-order chi connectivity index (χ1) is 8.28. The number of aromatic nitrogens is 1. The quantitative estimate of drug-likeness (QED) is 0.899. The molecule has 1 aromatic carbocycles. The maximum atomic E-state index is 5.86. The van der Waals surface area contributed by atoms with Crippen LogP contribution >= 0.6 is 22.9 Å². The van der Waals surface area contributed by atoms with E-state index >= 15 is 0 Å². The number of benzene rings is 1. The molecule has 0 fully saturated rings. The second-order valence-corrected chi connectivity index (χ2v) is 5.51. The lowest BCUT2D eigenvalue weighted by molar-refractivity contribution is 0.798. The molecule has 0 aliphatic carbocycles. The number of likely N-dealkylation sites (N-methyl/N-ethyl adjacent to an activating group) is 1. The van der Waals surface area contributed by atoms with Crippen molar-refractivity contribution in [1.82, 2.24) is 10.3 Å². The van der Waals surface area contributed by atoms with Gasteiger partial charge in [-0.15, -0.1) is 11.3 Å². The maximum Gasteiger partial charge on any atom is 0.0971 e. The normalized spacial score (nSPS) is 10.7. The molecule has 0 spiro atoms. The smallest absolute Gasteiger partial charge is 0.0971 e. The van der Waals surface area contributed by atoms with Gasteiger partial charge in [0.2, 0.25) is 0 Å². The highest BCUT2D eigenvalue weighted by molar-refractivity contribution is 7.11. The standard InChI is InChI=1S/C13H15ClN2S/c1-15-7-6-12-9-16-13(17-12)8-10-2-4-11(14)5-3-10/h2-5,9,15H,6-8H2,1H3. The molecule has 2 aromatic rings. The van der Waals surface area contributed by atoms with Gasteiger partial charge in [0, 0.05) is 22.5 Å². The summed E-state index contributed by atoms with van der Waals surface area (Å²) in [5.41, 5.74) is 1.25. The van der Waals surface area contributed by atoms with E-state index in [0.717, 1.165) is 24.4 Å². The average Bonchev–Trinajstić information content (AvgIpc) is 2.77. The molecule has 0 radical (unpaired) electrons. The Labute approximate surface area is 111 Å². The van der Waals surface area contributed by atoms with Gasteiger partial charge in [0.15, 0.2) is 0 Å². The van der Waals surface area contributed by atoms with E-state index in [-0.39, 0.29) is 0 Å². The molecular weight excluding hydrogens is 252 g/mol. The summed E-state index contributed by atoms with van der Waals surface area (Å²) < 4.78 is 0. The molecule has 2 nitrogen and oxygen atoms in total. The maximum absolute atomic E-state index is 5.86. The molecule has 1 heterocycles. The first kappa shape index (κ1) is 12.6. The van der Waals surface area contributed by atoms with Crippen LogP contribution in [0, 0.1) is 0 Å². The van der Waals surface area contributed by atoms with E-state index in [9.17, 15) is 0 Å². The van der Waals surface area contributed by atoms with Crippen molar-refractivity contribution in [3.05, 3.63) is 50.9 Å². The summed E-state index contributed by atoms with van der Waals surface area (Å²) in [6, 6.07) is 7.95. The third kappa shape index (κ3) is 3.80. The van der Waals surface area contributed by atoms with E-state index < -0.39 is 0 Å². The minimum atomic E-state index is 0.780. The van der Waals surface area contributed by atoms with Gasteiger partial charge >= 0.3 is 0 Å². The molecule has 0 aliphatic rings. The van der Waals surface area contributed by atoms with Gasteiger partial charge in [0.1, 0.15) is 0 Å². The highest BCUT2D eigenvalue weighted by atomic mass is 35.5. The lowest BCUT2D eigenvalue weighted by Gasteiger charge is -1.97. The second-order valence-electron chi connectivity index (χ2n) is 3.88. The highest BCUT2D eigenvalue weighted by Gasteiger charge is 2.03. The molecular formula is C13H15ClN2S. The lowest BCUT2D eigenvalue weighted by Crippen LogP contribution is -2.09. The first-order valence-corrected chi connectivity index (χ1v) is 6.80. The van der Waals surface area contributed by atoms with Gasteiger partial charge < -0.3 is 5.32 Å². The minimum absolute atomic E-state index is 0.780. The number of rotatable bonds is 5. The third-order valence-electron chi connectivity index (χ3n) is 2.49. The Balaban J connectivity index is 1.98. The fraction of sp³-hybridized carbons (Fsp3) is 0.308. The Kier molecular flexibility index (Phi) is 4.54. The van der Waals surface area contributed by atoms with Crippen molar-refractivity contribution in [2.24, 2.45) is 0 Å². The summed E-state index contributed by atoms with van der Waals surface area (Å²) in [7, 11) is 1.97. The number of hydrogen-bond donors (Lipinski definition) is 1. The summed E-state index contributed by atoms with van der Waals surface area (Å²) >= 11 is 7.64. The van der Waals surface area contributed by atoms with Crippen LogP contribution in [-0.2, 0) is 12.8 Å². The fourth-order valence-electron chi connectivity index (χ4n) is 1.57. The predicted molar refractivity (Wildman–Crippen MR) is 74.0 cm³/mol. The Morgan fingerprint density at radius 1 is 1.29 bits per heavy atom. The Morgan fingerprint density at radius 3 is 2.76 bits per heavy atom. The van der Waals surface area contributed by atoms with Crippen LogP contribution in [-0.4, -0.2) is 18.6 Å². The number of halogens is 1. The van der Waals surface area contributed by atoms with Crippen molar-refractivity contribution in [2.45, 2.75) is 12.8 Å². The predicted octanol–water partition coefficient (Wildman–Crippen LogP) is 3.15. The van der Waals surface area contributed by atoms with E-state index in [1.807, 2.05) is 25.4 Å². The van der Waals surface area contributed by atoms with Crippen LogP contribution in [0.1, 0.15) is 15.4 Å². The molecule has 1 aromatic heterocycles. The summed E-state index contributed by atoms with van der Waals surface area (Å²) in [6.07, 6.45) is 3.92. The molecule has 0 atom stereocenters. The summed E-state index contributed by atoms with van der Waals surface area (Å²) in [5, 5.41) is 5.09. The third-order valence-corrected chi connectivity index (χ3v) is 3.80. The van der Waals surface area contributed by atoms with Crippen molar-refractivity contribution in [2.75, 3.05) is 13.6 Å². The van der Waals surface area contributed by atoms with Crippen LogP contribution in [0.2, 0.25) is 5.02 Å². The summed E-state index contributed by atoms with van der Waals surface area (Å²) in [6.45, 7) is 1.00. The van der Waals surface area contributed by atoms with Crippen LogP contribution in [0.15, 0.2) is 30.5 Å². The topological polar surface area (TPSA) is 24.9 Å². The van der Waals surface area contributed by atoms with Crippen molar-refractivity contribution in [3.8, 4) is 0 Å². The zero-order chi connectivity index (χ0) is 12.1. The molecule has 90 valence electrons. The number of thiazole rings is 1. The van der Waals surface area contributed by atoms with Crippen molar-refractivity contribution in [3.63, 3.8) is 0 Å². The van der Waals surface area contributed by atoms with Crippen LogP contribution in [0.4, 0.5) is 0 Å². The summed E-state index contributed by atoms with van der Waals surface area (Å²) in [5.74, 6) is 0. The van der Waals surface area contributed by atoms with Crippen molar-refractivity contribution >= 4 is 22.9 Å². The molecule has 0 saturated carbocycles. The van der Waals surface area contributed by atoms with Gasteiger partial charge in [0.25, 0.3) is 0 Å². The molecule has 0 unspecified atom stereocenters. The summed E-state index contributed by atoms with van der Waals surface area (Å²) in [4.78, 5) is 5.78. The van der Waals surface area contributed by atoms with Crippen LogP contribution in [0.3, 0.4) is 0 Å². The van der Waals surface area contributed by atoms with E-state index in [1.165, 1.54) is 15.4 Å². The molecule has 0 saturated heterocycles. The van der Waals surface area contributed by atoms with Crippen molar-refractivity contribution < 1.29 is 0 Å². The molecule has 0 bridgehead atoms. The Bertz CT molecular complexity index is 465. The average molecular weight is 267 g/mol. The zero-order valence-corrected chi connectivity index (χ0v) is 11.3. The van der Waals surface area contributed by atoms with Crippen LogP contribution in [0.5, 0.6) is 0 Å². The van der Waals surface area contributed by atoms with Crippen molar-refractivity contribution in [1.29, 1.82) is 0 Å². The van der Waals surface area contributed by atoms with Gasteiger partial charge in [0.05, 0.1) is 5.01 Å². The van der Waals surface area contributed by atoms with E-state index in [1.54, 1.807) is 11.3 Å². The van der Waals surface area contributed by atoms with Crippen LogP contribution in [0.25, 0.3) is 0 Å². The van der Waals surface area contributed by atoms with Gasteiger partial charge in [-0.1, -0.05) is 23.7 Å². The van der Waals surface area contributed by atoms with E-state index in [4.69, 9.17) is 11.6 Å². The number of nitrogens with zero attached hydrogens (tertiary/aromatic N) is 1. The number of hydrogen-bond acceptors (Lipinski definition) is 3. The molecule has 4 heteroatoms. The van der Waals surface area contributed by atoms with Gasteiger partial charge in [-0.05, 0) is 37.7 Å². The minimum Gasteiger partial charge on any atom is -0.319 e. The SMILES string of the molecule is CNCCc1cnc(Cc2ccc(Cl)cc2)s1. The monoisotopic (exact) mass is 266 g/mol. The molecule has 17 heavy (non-hydrogen) atoms. The zero-order valence-electron chi connectivity index (χ0n) is 9.74. The molecule has 0 aliphatic heterocycles. The second kappa shape index (κ2) is 6.15. The van der Waals surface area contributed by atoms with Gasteiger partial charge in [-0.3, -0.25) is 0 Å². The first-order valence-electron chi connectivity index (χ1n) is 5.60. The molecule has 2 rings (SSSR count). The van der Waals surface area contributed by atoms with Crippen LogP contribution < -0.4 is 5.32 Å². The molecule has 0 amide bonds. The lowest BCUT2D eigenvalue weighted by atomic mass is 10.2. The fourth-order valence-corrected chi connectivity index (χ4v) is 2.65. The number of nitrogens with one attached hydrogen (secondary N) is 1. The largest absolute Gasteiger partial charge is 0.319 e. The highest BCUT2D eigenvalue weighted by Crippen LogP contribution is 2.18. The Hall–Kier alpha value is -0.900. The Morgan fingerprint density at radius 2 is 2.06 bits per heavy atom. The molecule has 1 N–H and O–H groups in total. The van der Waals surface area contributed by atoms with Gasteiger partial charge in [-0.2, -0.15) is 0 Å². The van der Waals surface area contributed by atoms with Gasteiger partial charge in [-0.25, -0.2) is 4.98 Å².